The number of carbonyl (C=O) groups is 2. The normalized spacial score (nSPS) is 19.8. The molecule has 0 N–H and O–H groups in total. The topological polar surface area (TPSA) is 55.8 Å². The summed E-state index contributed by atoms with van der Waals surface area (Å²) in [6, 6.07) is 0. The van der Waals surface area contributed by atoms with Crippen LogP contribution in [-0.2, 0) is 19.1 Å². The Balaban J connectivity index is 2.23. The summed E-state index contributed by atoms with van der Waals surface area (Å²) in [5.74, 6) is -0.214. The Hall–Kier alpha value is -1.10. The highest BCUT2D eigenvalue weighted by Gasteiger charge is 2.24. The molecule has 1 amide bonds. The number of likely N-dealkylation sites (N-methyl/N-ethyl adjacent to an activating group) is 1. The number of hydrogen-bond donors (Lipinski definition) is 0. The third-order valence-electron chi connectivity index (χ3n) is 2.93. The zero-order valence-electron chi connectivity index (χ0n) is 10.6. The Labute approximate surface area is 102 Å². The Kier molecular flexibility index (Phi) is 5.97. The number of methoxy groups -OCH3 is 1. The first-order valence-corrected chi connectivity index (χ1v) is 6.08. The molecule has 5 nitrogen and oxygen atoms in total. The van der Waals surface area contributed by atoms with Gasteiger partial charge >= 0.3 is 5.97 Å². The fraction of sp³-hybridized carbons (Fsp3) is 0.833. The maximum Gasteiger partial charge on any atom is 0.305 e. The molecule has 0 radical (unpaired) electrons. The molecule has 0 bridgehead atoms. The van der Waals surface area contributed by atoms with Crippen LogP contribution >= 0.6 is 0 Å². The van der Waals surface area contributed by atoms with Crippen molar-refractivity contribution in [2.24, 2.45) is 0 Å². The lowest BCUT2D eigenvalue weighted by Crippen LogP contribution is -2.40. The largest absolute Gasteiger partial charge is 0.469 e. The van der Waals surface area contributed by atoms with Gasteiger partial charge in [0, 0.05) is 26.6 Å². The Morgan fingerprint density at radius 3 is 2.76 bits per heavy atom. The number of ether oxygens (including phenoxy) is 2. The van der Waals surface area contributed by atoms with E-state index in [9.17, 15) is 9.59 Å². The van der Waals surface area contributed by atoms with Crippen LogP contribution in [0.2, 0.25) is 0 Å². The molecule has 1 saturated heterocycles. The van der Waals surface area contributed by atoms with Gasteiger partial charge in [0.1, 0.15) is 6.10 Å². The van der Waals surface area contributed by atoms with E-state index in [1.165, 1.54) is 7.11 Å². The maximum absolute atomic E-state index is 11.9. The van der Waals surface area contributed by atoms with Gasteiger partial charge in [-0.3, -0.25) is 9.59 Å². The highest BCUT2D eigenvalue weighted by atomic mass is 16.5. The minimum absolute atomic E-state index is 0.0227. The van der Waals surface area contributed by atoms with Gasteiger partial charge in [0.25, 0.3) is 5.91 Å². The minimum Gasteiger partial charge on any atom is -0.469 e. The second kappa shape index (κ2) is 7.27. The number of carbonyl (C=O) groups excluding carboxylic acids is 2. The molecule has 5 heteroatoms. The van der Waals surface area contributed by atoms with Crippen LogP contribution in [0.1, 0.15) is 32.1 Å². The van der Waals surface area contributed by atoms with Crippen molar-refractivity contribution in [1.29, 1.82) is 0 Å². The summed E-state index contributed by atoms with van der Waals surface area (Å²) in [5, 5.41) is 0. The highest BCUT2D eigenvalue weighted by molar-refractivity contribution is 5.80. The summed E-state index contributed by atoms with van der Waals surface area (Å²) in [7, 11) is 3.12. The van der Waals surface area contributed by atoms with Gasteiger partial charge in [-0.15, -0.1) is 0 Å². The first kappa shape index (κ1) is 14.0. The van der Waals surface area contributed by atoms with Crippen LogP contribution in [0.5, 0.6) is 0 Å². The molecule has 98 valence electrons. The molecule has 0 aromatic heterocycles. The van der Waals surface area contributed by atoms with E-state index in [1.807, 2.05) is 0 Å². The van der Waals surface area contributed by atoms with Crippen LogP contribution in [0.25, 0.3) is 0 Å². The quantitative estimate of drug-likeness (QED) is 0.675. The van der Waals surface area contributed by atoms with E-state index in [4.69, 9.17) is 4.74 Å². The van der Waals surface area contributed by atoms with Crippen molar-refractivity contribution in [3.63, 3.8) is 0 Å². The summed E-state index contributed by atoms with van der Waals surface area (Å²) in [5.41, 5.74) is 0. The summed E-state index contributed by atoms with van der Waals surface area (Å²) in [6.45, 7) is 1.24. The Bertz CT molecular complexity index is 261. The summed E-state index contributed by atoms with van der Waals surface area (Å²) in [6.07, 6.45) is 3.58. The van der Waals surface area contributed by atoms with Crippen molar-refractivity contribution in [3.05, 3.63) is 0 Å². The zero-order valence-corrected chi connectivity index (χ0v) is 10.6. The van der Waals surface area contributed by atoms with Gasteiger partial charge in [0.2, 0.25) is 0 Å². The van der Waals surface area contributed by atoms with Gasteiger partial charge in [0.05, 0.1) is 7.11 Å². The van der Waals surface area contributed by atoms with Crippen molar-refractivity contribution in [3.8, 4) is 0 Å². The van der Waals surface area contributed by atoms with Crippen molar-refractivity contribution < 1.29 is 19.1 Å². The van der Waals surface area contributed by atoms with Gasteiger partial charge in [-0.25, -0.2) is 0 Å². The predicted molar refractivity (Wildman–Crippen MR) is 62.5 cm³/mol. The van der Waals surface area contributed by atoms with Gasteiger partial charge in [-0.05, 0) is 25.7 Å². The summed E-state index contributed by atoms with van der Waals surface area (Å²) < 4.78 is 9.97. The van der Waals surface area contributed by atoms with E-state index in [0.29, 0.717) is 26.0 Å². The molecule has 1 unspecified atom stereocenters. The molecule has 1 fully saturated rings. The van der Waals surface area contributed by atoms with Gasteiger partial charge in [-0.1, -0.05) is 0 Å². The molecule has 0 aromatic rings. The highest BCUT2D eigenvalue weighted by Crippen LogP contribution is 2.14. The minimum atomic E-state index is -0.285. The van der Waals surface area contributed by atoms with E-state index in [0.717, 1.165) is 19.3 Å². The van der Waals surface area contributed by atoms with E-state index >= 15 is 0 Å². The van der Waals surface area contributed by atoms with E-state index in [2.05, 4.69) is 4.74 Å². The van der Waals surface area contributed by atoms with Crippen molar-refractivity contribution >= 4 is 11.9 Å². The second-order valence-corrected chi connectivity index (χ2v) is 4.29. The number of amides is 1. The third-order valence-corrected chi connectivity index (χ3v) is 2.93. The number of nitrogens with zero attached hydrogens (tertiary/aromatic N) is 1. The first-order valence-electron chi connectivity index (χ1n) is 6.08. The monoisotopic (exact) mass is 243 g/mol. The molecule has 1 rings (SSSR count). The van der Waals surface area contributed by atoms with E-state index < -0.39 is 0 Å². The molecule has 1 aliphatic heterocycles. The van der Waals surface area contributed by atoms with Crippen LogP contribution < -0.4 is 0 Å². The maximum atomic E-state index is 11.9. The molecular weight excluding hydrogens is 222 g/mol. The van der Waals surface area contributed by atoms with Crippen molar-refractivity contribution in [2.45, 2.75) is 38.2 Å². The van der Waals surface area contributed by atoms with Gasteiger partial charge in [0.15, 0.2) is 0 Å². The average molecular weight is 243 g/mol. The van der Waals surface area contributed by atoms with Crippen LogP contribution in [-0.4, -0.2) is 50.2 Å². The molecule has 1 atom stereocenters. The van der Waals surface area contributed by atoms with Crippen LogP contribution in [0.15, 0.2) is 0 Å². The number of esters is 1. The SMILES string of the molecule is COC(=O)CCCN(C)C(=O)C1CCCCO1. The summed E-state index contributed by atoms with van der Waals surface area (Å²) >= 11 is 0. The lowest BCUT2D eigenvalue weighted by atomic mass is 10.1. The lowest BCUT2D eigenvalue weighted by molar-refractivity contribution is -0.146. The standard InChI is InChI=1S/C12H21NO4/c1-13(8-5-7-11(14)16-2)12(15)10-6-3-4-9-17-10/h10H,3-9H2,1-2H3. The average Bonchev–Trinajstić information content (AvgIpc) is 2.38. The fourth-order valence-corrected chi connectivity index (χ4v) is 1.85. The van der Waals surface area contributed by atoms with E-state index in [1.54, 1.807) is 11.9 Å². The van der Waals surface area contributed by atoms with Crippen LogP contribution in [0.3, 0.4) is 0 Å². The molecule has 1 aliphatic rings. The van der Waals surface area contributed by atoms with E-state index in [-0.39, 0.29) is 18.0 Å². The smallest absolute Gasteiger partial charge is 0.305 e. The summed E-state index contributed by atoms with van der Waals surface area (Å²) in [4.78, 5) is 24.5. The van der Waals surface area contributed by atoms with Gasteiger partial charge < -0.3 is 14.4 Å². The number of hydrogen-bond acceptors (Lipinski definition) is 4. The predicted octanol–water partition coefficient (Wildman–Crippen LogP) is 0.967. The van der Waals surface area contributed by atoms with Crippen molar-refractivity contribution in [1.82, 2.24) is 4.90 Å². The molecule has 0 aliphatic carbocycles. The van der Waals surface area contributed by atoms with Crippen LogP contribution in [0, 0.1) is 0 Å². The Morgan fingerprint density at radius 2 is 2.18 bits per heavy atom. The second-order valence-electron chi connectivity index (χ2n) is 4.29. The lowest BCUT2D eigenvalue weighted by Gasteiger charge is -2.26. The van der Waals surface area contributed by atoms with Crippen molar-refractivity contribution in [2.75, 3.05) is 27.3 Å². The molecule has 1 heterocycles. The molecular formula is C12H21NO4. The first-order chi connectivity index (χ1) is 8.15. The van der Waals surface area contributed by atoms with Crippen LogP contribution in [0.4, 0.5) is 0 Å². The Morgan fingerprint density at radius 1 is 1.41 bits per heavy atom. The molecule has 0 aromatic carbocycles. The molecule has 17 heavy (non-hydrogen) atoms. The fourth-order valence-electron chi connectivity index (χ4n) is 1.85. The number of rotatable bonds is 5. The van der Waals surface area contributed by atoms with Gasteiger partial charge in [-0.2, -0.15) is 0 Å². The molecule has 0 saturated carbocycles. The zero-order chi connectivity index (χ0) is 12.7. The molecule has 0 spiro atoms. The third kappa shape index (κ3) is 4.73.